The maximum absolute atomic E-state index is 12.3. The molecule has 2 heterocycles. The molecular weight excluding hydrogens is 364 g/mol. The maximum atomic E-state index is 12.3. The van der Waals surface area contributed by atoms with E-state index in [1.165, 1.54) is 0 Å². The number of hydrogen-bond acceptors (Lipinski definition) is 5. The predicted molar refractivity (Wildman–Crippen MR) is 108 cm³/mol. The van der Waals surface area contributed by atoms with Crippen molar-refractivity contribution in [1.82, 2.24) is 20.1 Å². The quantitative estimate of drug-likeness (QED) is 0.598. The molecule has 8 heteroatoms. The van der Waals surface area contributed by atoms with Crippen LogP contribution in [0.25, 0.3) is 0 Å². The fourth-order valence-corrected chi connectivity index (χ4v) is 2.80. The number of pyridine rings is 1. The lowest BCUT2D eigenvalue weighted by Crippen LogP contribution is -2.23. The van der Waals surface area contributed by atoms with Crippen molar-refractivity contribution in [2.24, 2.45) is 7.05 Å². The molecule has 0 unspecified atom stereocenters. The van der Waals surface area contributed by atoms with Gasteiger partial charge in [0.05, 0.1) is 33.9 Å². The second-order valence-corrected chi connectivity index (χ2v) is 6.41. The second kappa shape index (κ2) is 8.09. The highest BCUT2D eigenvalue weighted by atomic mass is 35.5. The van der Waals surface area contributed by atoms with Gasteiger partial charge in [-0.15, -0.1) is 0 Å². The zero-order valence-electron chi connectivity index (χ0n) is 15.4. The third-order valence-corrected chi connectivity index (χ3v) is 4.19. The van der Waals surface area contributed by atoms with Gasteiger partial charge < -0.3 is 16.0 Å². The molecule has 0 aliphatic carbocycles. The molecule has 7 nitrogen and oxygen atoms in total. The monoisotopic (exact) mass is 384 g/mol. The van der Waals surface area contributed by atoms with Crippen LogP contribution in [0, 0.1) is 6.92 Å². The summed E-state index contributed by atoms with van der Waals surface area (Å²) in [5.74, 6) is 1.28. The van der Waals surface area contributed by atoms with Crippen LogP contribution < -0.4 is 16.0 Å². The molecule has 1 amide bonds. The molecule has 0 atom stereocenters. The number of nitrogens with zero attached hydrogens (tertiary/aromatic N) is 3. The lowest BCUT2D eigenvalue weighted by Gasteiger charge is -2.14. The summed E-state index contributed by atoms with van der Waals surface area (Å²) in [4.78, 5) is 16.6. The van der Waals surface area contributed by atoms with E-state index in [0.29, 0.717) is 34.3 Å². The number of anilines is 4. The summed E-state index contributed by atoms with van der Waals surface area (Å²) in [6.45, 7) is 4.36. The van der Waals surface area contributed by atoms with E-state index in [4.69, 9.17) is 11.6 Å². The molecule has 0 aliphatic heterocycles. The van der Waals surface area contributed by atoms with Gasteiger partial charge in [0, 0.05) is 25.7 Å². The molecular formula is C19H21ClN6O. The van der Waals surface area contributed by atoms with Gasteiger partial charge >= 0.3 is 0 Å². The Morgan fingerprint density at radius 3 is 2.67 bits per heavy atom. The molecule has 140 valence electrons. The summed E-state index contributed by atoms with van der Waals surface area (Å²) in [7, 11) is 1.85. The van der Waals surface area contributed by atoms with E-state index in [0.717, 1.165) is 11.5 Å². The zero-order chi connectivity index (χ0) is 19.4. The number of amides is 1. The van der Waals surface area contributed by atoms with Gasteiger partial charge in [0.1, 0.15) is 11.6 Å². The lowest BCUT2D eigenvalue weighted by molar-refractivity contribution is 0.0956. The number of aryl methyl sites for hydroxylation is 2. The third kappa shape index (κ3) is 4.38. The summed E-state index contributed by atoms with van der Waals surface area (Å²) in [5, 5.41) is 14.0. The smallest absolute Gasteiger partial charge is 0.253 e. The summed E-state index contributed by atoms with van der Waals surface area (Å²) in [6.07, 6.45) is 1.56. The summed E-state index contributed by atoms with van der Waals surface area (Å²) < 4.78 is 1.74. The first-order valence-electron chi connectivity index (χ1n) is 8.55. The van der Waals surface area contributed by atoms with Crippen molar-refractivity contribution in [1.29, 1.82) is 0 Å². The van der Waals surface area contributed by atoms with Crippen LogP contribution in [0.2, 0.25) is 5.02 Å². The number of nitrogens with one attached hydrogen (secondary N) is 3. The van der Waals surface area contributed by atoms with Crippen LogP contribution in [-0.4, -0.2) is 27.2 Å². The number of benzene rings is 1. The number of carbonyl (C=O) groups is 1. The van der Waals surface area contributed by atoms with E-state index in [1.807, 2.05) is 45.2 Å². The van der Waals surface area contributed by atoms with Crippen LogP contribution >= 0.6 is 11.6 Å². The number of para-hydroxylation sites is 1. The highest BCUT2D eigenvalue weighted by Gasteiger charge is 2.12. The molecule has 3 N–H and O–H groups in total. The molecule has 2 aromatic heterocycles. The van der Waals surface area contributed by atoms with Crippen LogP contribution in [0.1, 0.15) is 23.0 Å². The molecule has 27 heavy (non-hydrogen) atoms. The molecule has 0 radical (unpaired) electrons. The molecule has 3 aromatic rings. The standard InChI is InChI=1S/C19H21ClN6O/c1-4-21-19(27)13-7-5-6-8-15(13)23-16-10-17(22-11-14(16)20)24-18-9-12(2)25-26(18)3/h5-11H,4H2,1-3H3,(H,21,27)(H2,22,23,24). The molecule has 0 spiro atoms. The fourth-order valence-electron chi connectivity index (χ4n) is 2.65. The van der Waals surface area contributed by atoms with E-state index in [2.05, 4.69) is 26.0 Å². The molecule has 0 bridgehead atoms. The minimum absolute atomic E-state index is 0.144. The van der Waals surface area contributed by atoms with Crippen LogP contribution in [-0.2, 0) is 7.05 Å². The Hall–Kier alpha value is -3.06. The third-order valence-electron chi connectivity index (χ3n) is 3.89. The second-order valence-electron chi connectivity index (χ2n) is 6.00. The topological polar surface area (TPSA) is 83.9 Å². The van der Waals surface area contributed by atoms with E-state index in [1.54, 1.807) is 23.0 Å². The van der Waals surface area contributed by atoms with Crippen LogP contribution in [0.3, 0.4) is 0 Å². The molecule has 0 saturated heterocycles. The molecule has 0 fully saturated rings. The Bertz CT molecular complexity index is 969. The van der Waals surface area contributed by atoms with Gasteiger partial charge in [0.25, 0.3) is 5.91 Å². The van der Waals surface area contributed by atoms with E-state index in [9.17, 15) is 4.79 Å². The lowest BCUT2D eigenvalue weighted by atomic mass is 10.1. The van der Waals surface area contributed by atoms with Crippen molar-refractivity contribution in [2.75, 3.05) is 17.2 Å². The number of hydrogen-bond donors (Lipinski definition) is 3. The predicted octanol–water partition coefficient (Wildman–Crippen LogP) is 4.01. The van der Waals surface area contributed by atoms with Crippen molar-refractivity contribution < 1.29 is 4.79 Å². The van der Waals surface area contributed by atoms with Gasteiger partial charge in [-0.2, -0.15) is 5.10 Å². The highest BCUT2D eigenvalue weighted by molar-refractivity contribution is 6.33. The number of carbonyl (C=O) groups excluding carboxylic acids is 1. The van der Waals surface area contributed by atoms with E-state index in [-0.39, 0.29) is 5.91 Å². The highest BCUT2D eigenvalue weighted by Crippen LogP contribution is 2.29. The van der Waals surface area contributed by atoms with Crippen LogP contribution in [0.4, 0.5) is 23.0 Å². The minimum atomic E-state index is -0.144. The average molecular weight is 385 g/mol. The first kappa shape index (κ1) is 18.7. The van der Waals surface area contributed by atoms with Gasteiger partial charge in [0.15, 0.2) is 0 Å². The van der Waals surface area contributed by atoms with Gasteiger partial charge in [0.2, 0.25) is 0 Å². The molecule has 3 rings (SSSR count). The largest absolute Gasteiger partial charge is 0.354 e. The molecule has 0 saturated carbocycles. The molecule has 0 aliphatic rings. The van der Waals surface area contributed by atoms with Crippen molar-refractivity contribution >= 4 is 40.5 Å². The zero-order valence-corrected chi connectivity index (χ0v) is 16.1. The Morgan fingerprint density at radius 2 is 1.96 bits per heavy atom. The number of halogens is 1. The van der Waals surface area contributed by atoms with Crippen molar-refractivity contribution in [2.45, 2.75) is 13.8 Å². The normalized spacial score (nSPS) is 10.5. The van der Waals surface area contributed by atoms with Crippen molar-refractivity contribution in [3.05, 3.63) is 58.9 Å². The SMILES string of the molecule is CCNC(=O)c1ccccc1Nc1cc(Nc2cc(C)nn2C)ncc1Cl. The van der Waals surface area contributed by atoms with E-state index < -0.39 is 0 Å². The van der Waals surface area contributed by atoms with Crippen molar-refractivity contribution in [3.63, 3.8) is 0 Å². The first-order valence-corrected chi connectivity index (χ1v) is 8.93. The Morgan fingerprint density at radius 1 is 1.19 bits per heavy atom. The van der Waals surface area contributed by atoms with Gasteiger partial charge in [-0.1, -0.05) is 23.7 Å². The van der Waals surface area contributed by atoms with Crippen molar-refractivity contribution in [3.8, 4) is 0 Å². The fraction of sp³-hybridized carbons (Fsp3) is 0.211. The summed E-state index contributed by atoms with van der Waals surface area (Å²) in [6, 6.07) is 11.0. The molecule has 1 aromatic carbocycles. The average Bonchev–Trinajstić information content (AvgIpc) is 2.95. The Labute approximate surface area is 162 Å². The van der Waals surface area contributed by atoms with Crippen LogP contribution in [0.5, 0.6) is 0 Å². The van der Waals surface area contributed by atoms with Gasteiger partial charge in [-0.25, -0.2) is 4.98 Å². The van der Waals surface area contributed by atoms with Gasteiger partial charge in [-0.05, 0) is 26.0 Å². The van der Waals surface area contributed by atoms with Crippen LogP contribution in [0.15, 0.2) is 42.6 Å². The number of aromatic nitrogens is 3. The summed E-state index contributed by atoms with van der Waals surface area (Å²) >= 11 is 6.31. The summed E-state index contributed by atoms with van der Waals surface area (Å²) in [5.41, 5.74) is 2.76. The van der Waals surface area contributed by atoms with Gasteiger partial charge in [-0.3, -0.25) is 9.48 Å². The Kier molecular flexibility index (Phi) is 5.61. The minimum Gasteiger partial charge on any atom is -0.354 e. The van der Waals surface area contributed by atoms with E-state index >= 15 is 0 Å². The first-order chi connectivity index (χ1) is 13.0. The Balaban J connectivity index is 1.88. The number of rotatable bonds is 6. The maximum Gasteiger partial charge on any atom is 0.253 e.